The van der Waals surface area contributed by atoms with E-state index in [2.05, 4.69) is 43.7 Å². The minimum Gasteiger partial charge on any atom is -0.395 e. The van der Waals surface area contributed by atoms with Gasteiger partial charge in [0.15, 0.2) is 0 Å². The average Bonchev–Trinajstić information content (AvgIpc) is 3.50. The number of nitrogens with one attached hydrogen (secondary N) is 1. The van der Waals surface area contributed by atoms with Crippen molar-refractivity contribution < 1.29 is 19.4 Å². The monoisotopic (exact) mass is 666 g/mol. The number of carbonyl (C=O) groups is 2. The maximum Gasteiger partial charge on any atom is 0.269 e. The minimum atomic E-state index is -0.901. The van der Waals surface area contributed by atoms with Crippen LogP contribution in [0.15, 0.2) is 54.5 Å². The van der Waals surface area contributed by atoms with Gasteiger partial charge in [-0.15, -0.1) is 0 Å². The summed E-state index contributed by atoms with van der Waals surface area (Å²) in [6, 6.07) is 10.7. The zero-order valence-corrected chi connectivity index (χ0v) is 28.5. The van der Waals surface area contributed by atoms with Gasteiger partial charge in [-0.25, -0.2) is 9.97 Å². The standard InChI is InChI=1S/C37H46N8O4/c1-3-26-20-42(29-21-49-22-29)14-15-43(26)28-7-8-33(39-19-28)40-31-18-37(24-46,23-41(2)36(31)48)25-9-11-38-34(16-25)45-13-10-32-30(35(45)47)17-27-6-4-5-12-44(27)32/h7-9,11,16-19,26,29,46H,3-6,10,12-15,20-24H2,1-2H3,(H,39,40)/t26-,37?/m0/s1. The first kappa shape index (κ1) is 32.0. The summed E-state index contributed by atoms with van der Waals surface area (Å²) >= 11 is 0. The number of hydrogen-bond donors (Lipinski definition) is 2. The highest BCUT2D eigenvalue weighted by atomic mass is 16.5. The van der Waals surface area contributed by atoms with Gasteiger partial charge < -0.3 is 29.5 Å². The van der Waals surface area contributed by atoms with E-state index in [0.717, 1.165) is 94.0 Å². The predicted octanol–water partition coefficient (Wildman–Crippen LogP) is 2.81. The summed E-state index contributed by atoms with van der Waals surface area (Å²) in [6.07, 6.45) is 10.5. The molecule has 8 heterocycles. The van der Waals surface area contributed by atoms with Crippen molar-refractivity contribution >= 4 is 29.1 Å². The van der Waals surface area contributed by atoms with Crippen molar-refractivity contribution in [2.45, 2.75) is 63.1 Å². The largest absolute Gasteiger partial charge is 0.395 e. The third-order valence-corrected chi connectivity index (χ3v) is 11.3. The van der Waals surface area contributed by atoms with Gasteiger partial charge >= 0.3 is 0 Å². The number of aliphatic hydroxyl groups excluding tert-OH is 1. The summed E-state index contributed by atoms with van der Waals surface area (Å²) in [5.74, 6) is 0.901. The first-order valence-electron chi connectivity index (χ1n) is 17.8. The molecule has 49 heavy (non-hydrogen) atoms. The molecule has 2 amide bonds. The molecule has 0 saturated carbocycles. The van der Waals surface area contributed by atoms with Crippen LogP contribution < -0.4 is 15.1 Å². The van der Waals surface area contributed by atoms with Crippen molar-refractivity contribution in [3.63, 3.8) is 0 Å². The number of nitrogens with zero attached hydrogens (tertiary/aromatic N) is 7. The fourth-order valence-electron chi connectivity index (χ4n) is 8.36. The highest BCUT2D eigenvalue weighted by Gasteiger charge is 2.40. The van der Waals surface area contributed by atoms with Crippen LogP contribution >= 0.6 is 0 Å². The number of ether oxygens (including phenoxy) is 1. The van der Waals surface area contributed by atoms with Crippen molar-refractivity contribution in [2.24, 2.45) is 0 Å². The fourth-order valence-corrected chi connectivity index (χ4v) is 8.36. The lowest BCUT2D eigenvalue weighted by Crippen LogP contribution is -2.60. The van der Waals surface area contributed by atoms with E-state index in [1.165, 1.54) is 5.69 Å². The molecule has 1 unspecified atom stereocenters. The van der Waals surface area contributed by atoms with Gasteiger partial charge in [-0.2, -0.15) is 0 Å². The number of anilines is 3. The van der Waals surface area contributed by atoms with Crippen molar-refractivity contribution in [1.29, 1.82) is 0 Å². The molecule has 2 saturated heterocycles. The van der Waals surface area contributed by atoms with Crippen molar-refractivity contribution in [3.05, 3.63) is 77.0 Å². The molecular formula is C37H46N8O4. The van der Waals surface area contributed by atoms with Crippen molar-refractivity contribution in [3.8, 4) is 0 Å². The third kappa shape index (κ3) is 5.69. The SMILES string of the molecule is CC[C@H]1CN(C2COC2)CCN1c1ccc(NC2=CC(CO)(c3ccnc(N4CCc5c(cc6n5CCCC6)C4=O)c3)CN(C)C2=O)nc1. The van der Waals surface area contributed by atoms with Crippen LogP contribution in [0.1, 0.15) is 53.5 Å². The normalized spacial score (nSPS) is 24.8. The number of aryl methyl sites for hydroxylation is 1. The number of amides is 2. The summed E-state index contributed by atoms with van der Waals surface area (Å²) < 4.78 is 7.76. The lowest BCUT2D eigenvalue weighted by molar-refractivity contribution is -0.127. The molecule has 5 aliphatic rings. The zero-order valence-electron chi connectivity index (χ0n) is 28.5. The van der Waals surface area contributed by atoms with Gasteiger partial charge in [-0.05, 0) is 67.7 Å². The Morgan fingerprint density at radius 2 is 1.90 bits per heavy atom. The molecular weight excluding hydrogens is 620 g/mol. The molecule has 2 atom stereocenters. The predicted molar refractivity (Wildman–Crippen MR) is 187 cm³/mol. The highest BCUT2D eigenvalue weighted by molar-refractivity contribution is 6.07. The molecule has 3 aromatic heterocycles. The minimum absolute atomic E-state index is 0.0330. The second kappa shape index (κ2) is 12.9. The number of fused-ring (bicyclic) bond motifs is 3. The maximum absolute atomic E-state index is 13.8. The van der Waals surface area contributed by atoms with Crippen LogP contribution in [0.3, 0.4) is 0 Å². The van der Waals surface area contributed by atoms with Gasteiger partial charge in [0.05, 0.1) is 48.7 Å². The van der Waals surface area contributed by atoms with E-state index in [1.807, 2.05) is 30.5 Å². The number of piperazine rings is 1. The lowest BCUT2D eigenvalue weighted by Gasteiger charge is -2.47. The first-order chi connectivity index (χ1) is 23.9. The van der Waals surface area contributed by atoms with Gasteiger partial charge in [-0.1, -0.05) is 6.92 Å². The average molecular weight is 667 g/mol. The molecule has 2 fully saturated rings. The molecule has 0 aromatic carbocycles. The van der Waals surface area contributed by atoms with Gasteiger partial charge in [-0.3, -0.25) is 19.4 Å². The highest BCUT2D eigenvalue weighted by Crippen LogP contribution is 2.36. The second-order valence-electron chi connectivity index (χ2n) is 14.2. The Hall–Kier alpha value is -4.26. The fraction of sp³-hybridized carbons (Fsp3) is 0.514. The Morgan fingerprint density at radius 3 is 2.65 bits per heavy atom. The van der Waals surface area contributed by atoms with E-state index in [0.29, 0.717) is 36.0 Å². The topological polar surface area (TPSA) is 119 Å². The molecule has 0 aliphatic carbocycles. The Labute approximate surface area is 287 Å². The Bertz CT molecular complexity index is 1770. The van der Waals surface area contributed by atoms with Crippen LogP contribution in [-0.4, -0.2) is 113 Å². The lowest BCUT2D eigenvalue weighted by atomic mass is 9.78. The quantitative estimate of drug-likeness (QED) is 0.374. The smallest absolute Gasteiger partial charge is 0.269 e. The van der Waals surface area contributed by atoms with E-state index in [4.69, 9.17) is 9.72 Å². The zero-order chi connectivity index (χ0) is 33.7. The van der Waals surface area contributed by atoms with Crippen LogP contribution in [0.4, 0.5) is 17.3 Å². The summed E-state index contributed by atoms with van der Waals surface area (Å²) in [7, 11) is 1.74. The molecule has 0 spiro atoms. The number of pyridine rings is 2. The van der Waals surface area contributed by atoms with Crippen LogP contribution in [0.25, 0.3) is 0 Å². The molecule has 3 aromatic rings. The van der Waals surface area contributed by atoms with E-state index in [-0.39, 0.29) is 25.0 Å². The molecule has 12 heteroatoms. The third-order valence-electron chi connectivity index (χ3n) is 11.3. The Balaban J connectivity index is 1.02. The van der Waals surface area contributed by atoms with Crippen LogP contribution in [-0.2, 0) is 34.3 Å². The van der Waals surface area contributed by atoms with Crippen molar-refractivity contribution in [2.75, 3.05) is 74.7 Å². The van der Waals surface area contributed by atoms with Crippen LogP contribution in [0.2, 0.25) is 0 Å². The number of carbonyl (C=O) groups excluding carboxylic acids is 2. The molecule has 0 bridgehead atoms. The number of aromatic nitrogens is 3. The van der Waals surface area contributed by atoms with E-state index < -0.39 is 5.41 Å². The van der Waals surface area contributed by atoms with Gasteiger partial charge in [0.25, 0.3) is 11.8 Å². The summed E-state index contributed by atoms with van der Waals surface area (Å²) in [4.78, 5) is 44.9. The molecule has 258 valence electrons. The first-order valence-corrected chi connectivity index (χ1v) is 17.8. The Kier molecular flexibility index (Phi) is 8.41. The van der Waals surface area contributed by atoms with E-state index in [9.17, 15) is 14.7 Å². The van der Waals surface area contributed by atoms with Crippen molar-refractivity contribution in [1.82, 2.24) is 24.3 Å². The van der Waals surface area contributed by atoms with E-state index in [1.54, 1.807) is 23.0 Å². The number of aliphatic hydroxyl groups is 1. The van der Waals surface area contributed by atoms with Crippen LogP contribution in [0.5, 0.6) is 0 Å². The van der Waals surface area contributed by atoms with Gasteiger partial charge in [0, 0.05) is 76.4 Å². The molecule has 2 N–H and O–H groups in total. The molecule has 8 rings (SSSR count). The maximum atomic E-state index is 13.8. The molecule has 5 aliphatic heterocycles. The molecule has 12 nitrogen and oxygen atoms in total. The molecule has 0 radical (unpaired) electrons. The van der Waals surface area contributed by atoms with Crippen LogP contribution in [0, 0.1) is 0 Å². The Morgan fingerprint density at radius 1 is 1.02 bits per heavy atom. The summed E-state index contributed by atoms with van der Waals surface area (Å²) in [5, 5.41) is 14.2. The van der Waals surface area contributed by atoms with E-state index >= 15 is 0 Å². The number of rotatable bonds is 8. The number of likely N-dealkylation sites (N-methyl/N-ethyl adjacent to an activating group) is 1. The second-order valence-corrected chi connectivity index (χ2v) is 14.2. The number of hydrogen-bond acceptors (Lipinski definition) is 9. The van der Waals surface area contributed by atoms with Gasteiger partial charge in [0.1, 0.15) is 17.3 Å². The summed E-state index contributed by atoms with van der Waals surface area (Å²) in [6.45, 7) is 8.42. The van der Waals surface area contributed by atoms with Gasteiger partial charge in [0.2, 0.25) is 0 Å². The summed E-state index contributed by atoms with van der Waals surface area (Å²) in [5.41, 5.74) is 4.46.